The Labute approximate surface area is 106 Å². The van der Waals surface area contributed by atoms with Crippen LogP contribution in [0.15, 0.2) is 18.3 Å². The van der Waals surface area contributed by atoms with Crippen molar-refractivity contribution in [3.63, 3.8) is 0 Å². The molecule has 1 atom stereocenters. The molecule has 1 saturated heterocycles. The Kier molecular flexibility index (Phi) is 4.35. The van der Waals surface area contributed by atoms with Gasteiger partial charge in [-0.3, -0.25) is 0 Å². The molecule has 0 aliphatic carbocycles. The van der Waals surface area contributed by atoms with E-state index in [1.165, 1.54) is 0 Å². The van der Waals surface area contributed by atoms with E-state index in [0.29, 0.717) is 18.1 Å². The Morgan fingerprint density at radius 3 is 3.11 bits per heavy atom. The summed E-state index contributed by atoms with van der Waals surface area (Å²) in [7, 11) is 1.55. The van der Waals surface area contributed by atoms with E-state index in [-0.39, 0.29) is 12.1 Å². The second-order valence-electron chi connectivity index (χ2n) is 4.06. The van der Waals surface area contributed by atoms with Crippen LogP contribution in [0, 0.1) is 0 Å². The lowest BCUT2D eigenvalue weighted by Crippen LogP contribution is -2.35. The van der Waals surface area contributed by atoms with Crippen LogP contribution < -0.4 is 15.4 Å². The van der Waals surface area contributed by atoms with Crippen LogP contribution in [0.3, 0.4) is 0 Å². The summed E-state index contributed by atoms with van der Waals surface area (Å²) in [6.07, 6.45) is 3.76. The summed E-state index contributed by atoms with van der Waals surface area (Å²) in [6.45, 7) is 1.33. The molecule has 1 aromatic rings. The Bertz CT molecular complexity index is 388. The quantitative estimate of drug-likeness (QED) is 0.848. The maximum Gasteiger partial charge on any atom is 0.319 e. The molecule has 0 aromatic carbocycles. The first-order valence-electron chi connectivity index (χ1n) is 5.94. The van der Waals surface area contributed by atoms with Gasteiger partial charge in [0.05, 0.1) is 25.1 Å². The van der Waals surface area contributed by atoms with Crippen molar-refractivity contribution in [3.8, 4) is 5.88 Å². The van der Waals surface area contributed by atoms with Crippen LogP contribution in [0.5, 0.6) is 5.88 Å². The number of hydrogen-bond donors (Lipinski definition) is 2. The molecule has 0 spiro atoms. The zero-order valence-electron chi connectivity index (χ0n) is 10.3. The minimum atomic E-state index is -0.252. The minimum Gasteiger partial charge on any atom is -0.481 e. The van der Waals surface area contributed by atoms with Gasteiger partial charge in [0.15, 0.2) is 0 Å². The maximum absolute atomic E-state index is 11.6. The van der Waals surface area contributed by atoms with Gasteiger partial charge < -0.3 is 20.1 Å². The molecule has 98 valence electrons. The molecule has 0 unspecified atom stereocenters. The molecule has 6 heteroatoms. The van der Waals surface area contributed by atoms with E-state index in [4.69, 9.17) is 9.47 Å². The van der Waals surface area contributed by atoms with Gasteiger partial charge in [-0.2, -0.15) is 0 Å². The van der Waals surface area contributed by atoms with E-state index in [1.807, 2.05) is 0 Å². The minimum absolute atomic E-state index is 0.143. The van der Waals surface area contributed by atoms with Crippen LogP contribution in [0.2, 0.25) is 0 Å². The van der Waals surface area contributed by atoms with Gasteiger partial charge in [0, 0.05) is 19.2 Å². The molecule has 2 heterocycles. The third-order valence-electron chi connectivity index (χ3n) is 2.72. The van der Waals surface area contributed by atoms with E-state index in [9.17, 15) is 4.79 Å². The van der Waals surface area contributed by atoms with Gasteiger partial charge in [-0.15, -0.1) is 0 Å². The Morgan fingerprint density at radius 1 is 1.61 bits per heavy atom. The molecule has 6 nitrogen and oxygen atoms in total. The van der Waals surface area contributed by atoms with E-state index in [2.05, 4.69) is 15.6 Å². The maximum atomic E-state index is 11.6. The molecule has 2 N–H and O–H groups in total. The van der Waals surface area contributed by atoms with Crippen molar-refractivity contribution >= 4 is 11.7 Å². The highest BCUT2D eigenvalue weighted by molar-refractivity contribution is 5.89. The van der Waals surface area contributed by atoms with Gasteiger partial charge in [-0.05, 0) is 18.9 Å². The molecule has 0 bridgehead atoms. The highest BCUT2D eigenvalue weighted by atomic mass is 16.5. The lowest BCUT2D eigenvalue weighted by atomic mass is 10.2. The fourth-order valence-corrected chi connectivity index (χ4v) is 1.76. The zero-order chi connectivity index (χ0) is 12.8. The summed E-state index contributed by atoms with van der Waals surface area (Å²) in [6, 6.07) is 3.17. The highest BCUT2D eigenvalue weighted by Gasteiger charge is 2.15. The summed E-state index contributed by atoms with van der Waals surface area (Å²) in [5, 5.41) is 5.46. The number of amides is 2. The summed E-state index contributed by atoms with van der Waals surface area (Å²) in [5.41, 5.74) is 0.626. The van der Waals surface area contributed by atoms with E-state index < -0.39 is 0 Å². The monoisotopic (exact) mass is 251 g/mol. The Balaban J connectivity index is 1.75. The van der Waals surface area contributed by atoms with Crippen LogP contribution in [0.25, 0.3) is 0 Å². The first kappa shape index (κ1) is 12.6. The molecule has 1 aliphatic heterocycles. The van der Waals surface area contributed by atoms with Gasteiger partial charge in [0.25, 0.3) is 0 Å². The molecule has 0 saturated carbocycles. The van der Waals surface area contributed by atoms with Crippen LogP contribution in [-0.2, 0) is 4.74 Å². The molecule has 0 radical (unpaired) electrons. The van der Waals surface area contributed by atoms with Crippen molar-refractivity contribution in [2.24, 2.45) is 0 Å². The number of carbonyl (C=O) groups excluding carboxylic acids is 1. The summed E-state index contributed by atoms with van der Waals surface area (Å²) < 4.78 is 10.3. The van der Waals surface area contributed by atoms with E-state index in [1.54, 1.807) is 25.4 Å². The second kappa shape index (κ2) is 6.20. The largest absolute Gasteiger partial charge is 0.481 e. The highest BCUT2D eigenvalue weighted by Crippen LogP contribution is 2.12. The Hall–Kier alpha value is -1.82. The van der Waals surface area contributed by atoms with Crippen LogP contribution >= 0.6 is 0 Å². The predicted molar refractivity (Wildman–Crippen MR) is 66.8 cm³/mol. The van der Waals surface area contributed by atoms with Crippen molar-refractivity contribution in [3.05, 3.63) is 18.3 Å². The number of rotatable bonds is 4. The molecule has 1 aromatic heterocycles. The number of aromatic nitrogens is 1. The number of urea groups is 1. The number of anilines is 1. The number of carbonyl (C=O) groups is 1. The van der Waals surface area contributed by atoms with Gasteiger partial charge in [-0.1, -0.05) is 0 Å². The van der Waals surface area contributed by atoms with Crippen molar-refractivity contribution < 1.29 is 14.3 Å². The first-order valence-corrected chi connectivity index (χ1v) is 5.94. The second-order valence-corrected chi connectivity index (χ2v) is 4.06. The van der Waals surface area contributed by atoms with Crippen molar-refractivity contribution in [1.29, 1.82) is 0 Å². The number of ether oxygens (including phenoxy) is 2. The fraction of sp³-hybridized carbons (Fsp3) is 0.500. The van der Waals surface area contributed by atoms with E-state index >= 15 is 0 Å². The molecule has 1 fully saturated rings. The zero-order valence-corrected chi connectivity index (χ0v) is 10.3. The standard InChI is InChI=1S/C12H17N3O3/c1-17-11-5-4-9(7-13-11)15-12(16)14-8-10-3-2-6-18-10/h4-5,7,10H,2-3,6,8H2,1H3,(H2,14,15,16)/t10-/m0/s1. The number of nitrogens with zero attached hydrogens (tertiary/aromatic N) is 1. The van der Waals surface area contributed by atoms with Crippen LogP contribution in [0.4, 0.5) is 10.5 Å². The summed E-state index contributed by atoms with van der Waals surface area (Å²) in [4.78, 5) is 15.6. The van der Waals surface area contributed by atoms with Crippen LogP contribution in [0.1, 0.15) is 12.8 Å². The van der Waals surface area contributed by atoms with Crippen LogP contribution in [-0.4, -0.2) is 37.4 Å². The molecular weight excluding hydrogens is 234 g/mol. The Morgan fingerprint density at radius 2 is 2.50 bits per heavy atom. The summed E-state index contributed by atoms with van der Waals surface area (Å²) >= 11 is 0. The van der Waals surface area contributed by atoms with Crippen molar-refractivity contribution in [1.82, 2.24) is 10.3 Å². The number of hydrogen-bond acceptors (Lipinski definition) is 4. The molecular formula is C12H17N3O3. The molecule has 18 heavy (non-hydrogen) atoms. The first-order chi connectivity index (χ1) is 8.78. The molecule has 2 amide bonds. The van der Waals surface area contributed by atoms with Crippen molar-refractivity contribution in [2.45, 2.75) is 18.9 Å². The topological polar surface area (TPSA) is 72.5 Å². The summed E-state index contributed by atoms with van der Waals surface area (Å²) in [5.74, 6) is 0.514. The average molecular weight is 251 g/mol. The van der Waals surface area contributed by atoms with Crippen molar-refractivity contribution in [2.75, 3.05) is 25.6 Å². The van der Waals surface area contributed by atoms with Gasteiger partial charge in [0.1, 0.15) is 0 Å². The SMILES string of the molecule is COc1ccc(NC(=O)NC[C@@H]2CCCO2)cn1. The third kappa shape index (κ3) is 3.59. The average Bonchev–Trinajstić information content (AvgIpc) is 2.90. The molecule has 1 aliphatic rings. The smallest absolute Gasteiger partial charge is 0.319 e. The predicted octanol–water partition coefficient (Wildman–Crippen LogP) is 1.39. The van der Waals surface area contributed by atoms with E-state index in [0.717, 1.165) is 19.4 Å². The van der Waals surface area contributed by atoms with Gasteiger partial charge in [0.2, 0.25) is 5.88 Å². The lowest BCUT2D eigenvalue weighted by molar-refractivity contribution is 0.112. The fourth-order valence-electron chi connectivity index (χ4n) is 1.76. The number of methoxy groups -OCH3 is 1. The van der Waals surface area contributed by atoms with Gasteiger partial charge in [-0.25, -0.2) is 9.78 Å². The third-order valence-corrected chi connectivity index (χ3v) is 2.72. The normalized spacial score (nSPS) is 18.4. The molecule has 2 rings (SSSR count). The number of pyridine rings is 1. The number of nitrogens with one attached hydrogen (secondary N) is 2. The van der Waals surface area contributed by atoms with Gasteiger partial charge >= 0.3 is 6.03 Å². The lowest BCUT2D eigenvalue weighted by Gasteiger charge is -2.11.